The van der Waals surface area contributed by atoms with Crippen molar-refractivity contribution < 1.29 is 9.78 Å². The molecular formula is C14H29N3O2. The van der Waals surface area contributed by atoms with Crippen LogP contribution in [0.4, 0.5) is 0 Å². The minimum absolute atomic E-state index is 0.629. The maximum Gasteiger partial charge on any atom is 0.0949 e. The molecule has 2 rings (SSSR count). The largest absolute Gasteiger partial charge is 0.317 e. The number of hydrogen-bond acceptors (Lipinski definition) is 5. The standard InChI is InChI=1S/C14H29N3O2/c1-2-18-19-12-11-16-7-9-17(10-8-16)13-14-3-5-15-6-4-14/h14-15H,2-13H2,1H3. The molecule has 0 amide bonds. The van der Waals surface area contributed by atoms with E-state index < -0.39 is 0 Å². The summed E-state index contributed by atoms with van der Waals surface area (Å²) in [5.41, 5.74) is 0. The van der Waals surface area contributed by atoms with Crippen LogP contribution in [0.5, 0.6) is 0 Å². The van der Waals surface area contributed by atoms with Crippen LogP contribution in [-0.2, 0) is 9.78 Å². The quantitative estimate of drug-likeness (QED) is 0.416. The Morgan fingerprint density at radius 3 is 2.37 bits per heavy atom. The van der Waals surface area contributed by atoms with E-state index >= 15 is 0 Å². The van der Waals surface area contributed by atoms with Gasteiger partial charge in [-0.05, 0) is 38.8 Å². The SMILES string of the molecule is CCOOCCN1CCN(CC2CCNCC2)CC1. The van der Waals surface area contributed by atoms with E-state index in [2.05, 4.69) is 15.1 Å². The van der Waals surface area contributed by atoms with Crippen LogP contribution in [0.15, 0.2) is 0 Å². The Hall–Kier alpha value is -0.200. The zero-order valence-corrected chi connectivity index (χ0v) is 12.3. The van der Waals surface area contributed by atoms with Crippen molar-refractivity contribution in [3.8, 4) is 0 Å². The van der Waals surface area contributed by atoms with E-state index in [0.717, 1.165) is 12.5 Å². The van der Waals surface area contributed by atoms with Crippen molar-refractivity contribution >= 4 is 0 Å². The molecule has 0 aromatic heterocycles. The molecule has 0 aromatic carbocycles. The molecule has 1 N–H and O–H groups in total. The van der Waals surface area contributed by atoms with E-state index in [-0.39, 0.29) is 0 Å². The first-order valence-corrected chi connectivity index (χ1v) is 7.78. The van der Waals surface area contributed by atoms with E-state index in [1.54, 1.807) is 0 Å². The molecule has 2 saturated heterocycles. The fraction of sp³-hybridized carbons (Fsp3) is 1.00. The molecule has 0 aliphatic carbocycles. The van der Waals surface area contributed by atoms with Gasteiger partial charge in [-0.25, -0.2) is 9.78 Å². The first-order chi connectivity index (χ1) is 9.38. The van der Waals surface area contributed by atoms with Crippen molar-refractivity contribution in [3.05, 3.63) is 0 Å². The van der Waals surface area contributed by atoms with Crippen LogP contribution in [0, 0.1) is 5.92 Å². The highest BCUT2D eigenvalue weighted by Crippen LogP contribution is 2.14. The van der Waals surface area contributed by atoms with Gasteiger partial charge in [0.1, 0.15) is 0 Å². The average Bonchev–Trinajstić information content (AvgIpc) is 2.46. The van der Waals surface area contributed by atoms with Gasteiger partial charge in [-0.3, -0.25) is 4.90 Å². The van der Waals surface area contributed by atoms with Crippen molar-refractivity contribution in [1.82, 2.24) is 15.1 Å². The van der Waals surface area contributed by atoms with E-state index in [9.17, 15) is 0 Å². The fourth-order valence-electron chi connectivity index (χ4n) is 2.93. The van der Waals surface area contributed by atoms with Crippen LogP contribution < -0.4 is 5.32 Å². The predicted molar refractivity (Wildman–Crippen MR) is 76.1 cm³/mol. The second kappa shape index (κ2) is 8.87. The normalized spacial score (nSPS) is 23.8. The minimum Gasteiger partial charge on any atom is -0.317 e. The third-order valence-corrected chi connectivity index (χ3v) is 4.13. The van der Waals surface area contributed by atoms with Crippen LogP contribution in [0.2, 0.25) is 0 Å². The average molecular weight is 271 g/mol. The molecule has 5 heteroatoms. The molecule has 2 aliphatic rings. The van der Waals surface area contributed by atoms with Gasteiger partial charge in [0.2, 0.25) is 0 Å². The smallest absolute Gasteiger partial charge is 0.0949 e. The first-order valence-electron chi connectivity index (χ1n) is 7.78. The van der Waals surface area contributed by atoms with Crippen molar-refractivity contribution in [2.45, 2.75) is 19.8 Å². The summed E-state index contributed by atoms with van der Waals surface area (Å²) in [7, 11) is 0. The van der Waals surface area contributed by atoms with Crippen molar-refractivity contribution in [2.75, 3.05) is 65.6 Å². The molecule has 0 atom stereocenters. The lowest BCUT2D eigenvalue weighted by molar-refractivity contribution is -0.292. The van der Waals surface area contributed by atoms with Crippen molar-refractivity contribution in [1.29, 1.82) is 0 Å². The molecule has 0 bridgehead atoms. The lowest BCUT2D eigenvalue weighted by Gasteiger charge is -2.37. The molecule has 0 unspecified atom stereocenters. The molecule has 5 nitrogen and oxygen atoms in total. The number of nitrogens with zero attached hydrogens (tertiary/aromatic N) is 2. The molecule has 2 fully saturated rings. The lowest BCUT2D eigenvalue weighted by Crippen LogP contribution is -2.49. The summed E-state index contributed by atoms with van der Waals surface area (Å²) in [5.74, 6) is 0.911. The van der Waals surface area contributed by atoms with Gasteiger partial charge >= 0.3 is 0 Å². The second-order valence-electron chi connectivity index (χ2n) is 5.56. The number of hydrogen-bond donors (Lipinski definition) is 1. The Kier molecular flexibility index (Phi) is 7.09. The first kappa shape index (κ1) is 15.2. The molecule has 19 heavy (non-hydrogen) atoms. The molecule has 0 aromatic rings. The maximum absolute atomic E-state index is 5.07. The molecule has 2 heterocycles. The van der Waals surface area contributed by atoms with Crippen molar-refractivity contribution in [2.24, 2.45) is 5.92 Å². The summed E-state index contributed by atoms with van der Waals surface area (Å²) >= 11 is 0. The van der Waals surface area contributed by atoms with E-state index in [4.69, 9.17) is 9.78 Å². The summed E-state index contributed by atoms with van der Waals surface area (Å²) in [6, 6.07) is 0. The van der Waals surface area contributed by atoms with Gasteiger partial charge in [0.15, 0.2) is 0 Å². The number of piperidine rings is 1. The van der Waals surface area contributed by atoms with Crippen LogP contribution in [0.25, 0.3) is 0 Å². The van der Waals surface area contributed by atoms with Crippen LogP contribution in [0.3, 0.4) is 0 Å². The van der Waals surface area contributed by atoms with E-state index in [1.807, 2.05) is 6.92 Å². The Bertz CT molecular complexity index is 227. The third kappa shape index (κ3) is 5.75. The summed E-state index contributed by atoms with van der Waals surface area (Å²) in [6.07, 6.45) is 2.70. The van der Waals surface area contributed by atoms with Crippen LogP contribution in [0.1, 0.15) is 19.8 Å². The fourth-order valence-corrected chi connectivity index (χ4v) is 2.93. The summed E-state index contributed by atoms with van der Waals surface area (Å²) in [4.78, 5) is 15.1. The van der Waals surface area contributed by atoms with Gasteiger partial charge < -0.3 is 10.2 Å². The Labute approximate surface area is 117 Å². The van der Waals surface area contributed by atoms with E-state index in [1.165, 1.54) is 58.7 Å². The predicted octanol–water partition coefficient (Wildman–Crippen LogP) is 0.572. The van der Waals surface area contributed by atoms with E-state index in [0.29, 0.717) is 13.2 Å². The summed E-state index contributed by atoms with van der Waals surface area (Å²) in [6.45, 7) is 12.7. The van der Waals surface area contributed by atoms with Crippen LogP contribution >= 0.6 is 0 Å². The molecule has 0 saturated carbocycles. The monoisotopic (exact) mass is 271 g/mol. The zero-order chi connectivity index (χ0) is 13.3. The summed E-state index contributed by atoms with van der Waals surface area (Å²) < 4.78 is 0. The van der Waals surface area contributed by atoms with Gasteiger partial charge in [0.05, 0.1) is 13.2 Å². The highest BCUT2D eigenvalue weighted by molar-refractivity contribution is 4.77. The van der Waals surface area contributed by atoms with Gasteiger partial charge in [0.25, 0.3) is 0 Å². The van der Waals surface area contributed by atoms with Crippen LogP contribution in [-0.4, -0.2) is 75.4 Å². The lowest BCUT2D eigenvalue weighted by atomic mass is 9.97. The molecule has 112 valence electrons. The molecule has 2 aliphatic heterocycles. The Morgan fingerprint density at radius 1 is 1.00 bits per heavy atom. The van der Waals surface area contributed by atoms with Crippen molar-refractivity contribution in [3.63, 3.8) is 0 Å². The van der Waals surface area contributed by atoms with Gasteiger partial charge in [-0.1, -0.05) is 0 Å². The second-order valence-corrected chi connectivity index (χ2v) is 5.56. The Balaban J connectivity index is 1.54. The summed E-state index contributed by atoms with van der Waals surface area (Å²) in [5, 5.41) is 3.44. The topological polar surface area (TPSA) is 37.0 Å². The van der Waals surface area contributed by atoms with Gasteiger partial charge in [-0.2, -0.15) is 0 Å². The molecular weight excluding hydrogens is 242 g/mol. The maximum atomic E-state index is 5.07. The molecule has 0 spiro atoms. The number of rotatable bonds is 7. The highest BCUT2D eigenvalue weighted by Gasteiger charge is 2.21. The van der Waals surface area contributed by atoms with Gasteiger partial charge in [0, 0.05) is 39.3 Å². The number of piperazine rings is 1. The third-order valence-electron chi connectivity index (χ3n) is 4.13. The number of nitrogens with one attached hydrogen (secondary N) is 1. The zero-order valence-electron chi connectivity index (χ0n) is 12.3. The highest BCUT2D eigenvalue weighted by atomic mass is 17.2. The minimum atomic E-state index is 0.629. The Morgan fingerprint density at radius 2 is 1.68 bits per heavy atom. The molecule has 0 radical (unpaired) electrons. The van der Waals surface area contributed by atoms with Gasteiger partial charge in [-0.15, -0.1) is 0 Å².